The molecule has 2 rings (SSSR count). The molecule has 1 N–H and O–H groups in total. The second-order valence-electron chi connectivity index (χ2n) is 5.39. The molecule has 0 saturated heterocycles. The van der Waals surface area contributed by atoms with E-state index in [0.717, 1.165) is 38.9 Å². The van der Waals surface area contributed by atoms with Crippen LogP contribution in [0.5, 0.6) is 0 Å². The van der Waals surface area contributed by atoms with E-state index in [2.05, 4.69) is 65.6 Å². The van der Waals surface area contributed by atoms with Crippen LogP contribution in [0.25, 0.3) is 0 Å². The lowest BCUT2D eigenvalue weighted by molar-refractivity contribution is 0.226. The van der Waals surface area contributed by atoms with Crippen molar-refractivity contribution in [2.75, 3.05) is 26.2 Å². The minimum atomic E-state index is 0.271. The van der Waals surface area contributed by atoms with Crippen LogP contribution >= 0.6 is 0 Å². The lowest BCUT2D eigenvalue weighted by Crippen LogP contribution is -2.30. The van der Waals surface area contributed by atoms with Crippen LogP contribution in [-0.2, 0) is 12.8 Å². The van der Waals surface area contributed by atoms with Crippen LogP contribution in [-0.4, -0.2) is 36.2 Å². The molecule has 0 atom stereocenters. The Morgan fingerprint density at radius 1 is 0.667 bits per heavy atom. The van der Waals surface area contributed by atoms with Crippen LogP contribution < -0.4 is 0 Å². The maximum atomic E-state index is 9.06. The number of rotatable bonds is 9. The van der Waals surface area contributed by atoms with Gasteiger partial charge in [0.15, 0.2) is 0 Å². The Hall–Kier alpha value is -1.64. The lowest BCUT2D eigenvalue weighted by atomic mass is 10.1. The molecular formula is C19H25NO. The summed E-state index contributed by atoms with van der Waals surface area (Å²) in [4.78, 5) is 2.45. The summed E-state index contributed by atoms with van der Waals surface area (Å²) < 4.78 is 0. The van der Waals surface area contributed by atoms with Crippen molar-refractivity contribution in [3.8, 4) is 0 Å². The molecule has 0 aromatic heterocycles. The SMILES string of the molecule is OCCCN(CCc1ccccc1)CCc1ccccc1. The fraction of sp³-hybridized carbons (Fsp3) is 0.368. The zero-order chi connectivity index (χ0) is 14.8. The van der Waals surface area contributed by atoms with Gasteiger partial charge in [-0.25, -0.2) is 0 Å². The normalized spacial score (nSPS) is 11.0. The molecule has 21 heavy (non-hydrogen) atoms. The highest BCUT2D eigenvalue weighted by molar-refractivity contribution is 5.16. The predicted octanol–water partition coefficient (Wildman–Crippen LogP) is 3.16. The highest BCUT2D eigenvalue weighted by Gasteiger charge is 2.05. The van der Waals surface area contributed by atoms with Gasteiger partial charge in [-0.1, -0.05) is 60.7 Å². The van der Waals surface area contributed by atoms with E-state index in [1.165, 1.54) is 11.1 Å². The van der Waals surface area contributed by atoms with E-state index < -0.39 is 0 Å². The Kier molecular flexibility index (Phi) is 6.99. The zero-order valence-corrected chi connectivity index (χ0v) is 12.6. The average molecular weight is 283 g/mol. The second kappa shape index (κ2) is 9.32. The summed E-state index contributed by atoms with van der Waals surface area (Å²) in [6, 6.07) is 21.2. The molecule has 0 aliphatic carbocycles. The molecule has 2 aromatic carbocycles. The molecule has 0 fully saturated rings. The molecule has 0 heterocycles. The highest BCUT2D eigenvalue weighted by atomic mass is 16.3. The van der Waals surface area contributed by atoms with Crippen molar-refractivity contribution < 1.29 is 5.11 Å². The van der Waals surface area contributed by atoms with Crippen molar-refractivity contribution in [2.24, 2.45) is 0 Å². The summed E-state index contributed by atoms with van der Waals surface area (Å²) in [6.45, 7) is 3.34. The number of nitrogens with zero attached hydrogens (tertiary/aromatic N) is 1. The molecule has 2 nitrogen and oxygen atoms in total. The van der Waals surface area contributed by atoms with E-state index in [1.54, 1.807) is 0 Å². The van der Waals surface area contributed by atoms with Crippen LogP contribution in [0.2, 0.25) is 0 Å². The standard InChI is InChI=1S/C19H25NO/c21-17-7-14-20(15-12-18-8-3-1-4-9-18)16-13-19-10-5-2-6-11-19/h1-6,8-11,21H,7,12-17H2. The van der Waals surface area contributed by atoms with Gasteiger partial charge in [-0.2, -0.15) is 0 Å². The molecule has 0 spiro atoms. The average Bonchev–Trinajstić information content (AvgIpc) is 2.56. The number of benzene rings is 2. The van der Waals surface area contributed by atoms with E-state index in [9.17, 15) is 0 Å². The van der Waals surface area contributed by atoms with Crippen molar-refractivity contribution in [3.63, 3.8) is 0 Å². The van der Waals surface area contributed by atoms with Crippen molar-refractivity contribution >= 4 is 0 Å². The van der Waals surface area contributed by atoms with E-state index in [-0.39, 0.29) is 6.61 Å². The summed E-state index contributed by atoms with van der Waals surface area (Å²) in [5, 5.41) is 9.06. The summed E-state index contributed by atoms with van der Waals surface area (Å²) in [6.07, 6.45) is 2.99. The smallest absolute Gasteiger partial charge is 0.0443 e. The third kappa shape index (κ3) is 6.11. The quantitative estimate of drug-likeness (QED) is 0.764. The van der Waals surface area contributed by atoms with Gasteiger partial charge >= 0.3 is 0 Å². The molecule has 0 amide bonds. The Labute approximate surface area is 128 Å². The molecule has 112 valence electrons. The van der Waals surface area contributed by atoms with Gasteiger partial charge in [-0.05, 0) is 30.4 Å². The summed E-state index contributed by atoms with van der Waals surface area (Å²) in [5.41, 5.74) is 2.76. The van der Waals surface area contributed by atoms with Crippen molar-refractivity contribution in [1.29, 1.82) is 0 Å². The second-order valence-corrected chi connectivity index (χ2v) is 5.39. The summed E-state index contributed by atoms with van der Waals surface area (Å²) in [7, 11) is 0. The van der Waals surface area contributed by atoms with Crippen molar-refractivity contribution in [2.45, 2.75) is 19.3 Å². The Bertz CT molecular complexity index is 440. The summed E-state index contributed by atoms with van der Waals surface area (Å²) in [5.74, 6) is 0. The summed E-state index contributed by atoms with van der Waals surface area (Å²) >= 11 is 0. The fourth-order valence-corrected chi connectivity index (χ4v) is 2.49. The molecule has 2 heteroatoms. The van der Waals surface area contributed by atoms with Gasteiger partial charge in [0.1, 0.15) is 0 Å². The van der Waals surface area contributed by atoms with Gasteiger partial charge in [-0.3, -0.25) is 0 Å². The molecule has 0 unspecified atom stereocenters. The van der Waals surface area contributed by atoms with E-state index in [4.69, 9.17) is 5.11 Å². The zero-order valence-electron chi connectivity index (χ0n) is 12.6. The maximum Gasteiger partial charge on any atom is 0.0443 e. The van der Waals surface area contributed by atoms with Gasteiger partial charge in [-0.15, -0.1) is 0 Å². The minimum absolute atomic E-state index is 0.271. The van der Waals surface area contributed by atoms with Crippen LogP contribution in [0.1, 0.15) is 17.5 Å². The van der Waals surface area contributed by atoms with E-state index in [0.29, 0.717) is 0 Å². The molecule has 2 aromatic rings. The maximum absolute atomic E-state index is 9.06. The van der Waals surface area contributed by atoms with Crippen LogP contribution in [0.3, 0.4) is 0 Å². The molecule has 0 saturated carbocycles. The number of aliphatic hydroxyl groups excluding tert-OH is 1. The van der Waals surface area contributed by atoms with Gasteiger partial charge in [0.25, 0.3) is 0 Å². The first kappa shape index (κ1) is 15.7. The monoisotopic (exact) mass is 283 g/mol. The van der Waals surface area contributed by atoms with Gasteiger partial charge < -0.3 is 10.0 Å². The molecular weight excluding hydrogens is 258 g/mol. The first-order valence-corrected chi connectivity index (χ1v) is 7.79. The van der Waals surface area contributed by atoms with Crippen LogP contribution in [0.4, 0.5) is 0 Å². The molecule has 0 aliphatic heterocycles. The van der Waals surface area contributed by atoms with E-state index >= 15 is 0 Å². The predicted molar refractivity (Wildman–Crippen MR) is 88.4 cm³/mol. The van der Waals surface area contributed by atoms with Crippen molar-refractivity contribution in [1.82, 2.24) is 4.90 Å². The fourth-order valence-electron chi connectivity index (χ4n) is 2.49. The lowest BCUT2D eigenvalue weighted by Gasteiger charge is -2.22. The van der Waals surface area contributed by atoms with Gasteiger partial charge in [0.2, 0.25) is 0 Å². The minimum Gasteiger partial charge on any atom is -0.396 e. The van der Waals surface area contributed by atoms with Gasteiger partial charge in [0, 0.05) is 26.2 Å². The van der Waals surface area contributed by atoms with Crippen LogP contribution in [0, 0.1) is 0 Å². The largest absolute Gasteiger partial charge is 0.396 e. The molecule has 0 bridgehead atoms. The first-order valence-electron chi connectivity index (χ1n) is 7.79. The van der Waals surface area contributed by atoms with Gasteiger partial charge in [0.05, 0.1) is 0 Å². The van der Waals surface area contributed by atoms with Crippen LogP contribution in [0.15, 0.2) is 60.7 Å². The highest BCUT2D eigenvalue weighted by Crippen LogP contribution is 2.05. The van der Waals surface area contributed by atoms with E-state index in [1.807, 2.05) is 0 Å². The topological polar surface area (TPSA) is 23.5 Å². The number of hydrogen-bond donors (Lipinski definition) is 1. The molecule has 0 aliphatic rings. The first-order chi connectivity index (χ1) is 10.4. The number of hydrogen-bond acceptors (Lipinski definition) is 2. The Morgan fingerprint density at radius 3 is 1.57 bits per heavy atom. The van der Waals surface area contributed by atoms with Crippen molar-refractivity contribution in [3.05, 3.63) is 71.8 Å². The third-order valence-corrected chi connectivity index (χ3v) is 3.75. The Morgan fingerprint density at radius 2 is 1.14 bits per heavy atom. The molecule has 0 radical (unpaired) electrons. The third-order valence-electron chi connectivity index (χ3n) is 3.75. The Balaban J connectivity index is 1.82. The number of aliphatic hydroxyl groups is 1.